The van der Waals surface area contributed by atoms with Crippen molar-refractivity contribution < 1.29 is 17.9 Å². The van der Waals surface area contributed by atoms with Gasteiger partial charge in [0.2, 0.25) is 0 Å². The number of hydrogen-bond donors (Lipinski definition) is 0. The molecule has 0 aliphatic heterocycles. The third-order valence-electron chi connectivity index (χ3n) is 4.31. The van der Waals surface area contributed by atoms with Gasteiger partial charge in [-0.2, -0.15) is 0 Å². The minimum Gasteiger partial charge on any atom is -0.497 e. The van der Waals surface area contributed by atoms with E-state index in [2.05, 4.69) is 0 Å². The lowest BCUT2D eigenvalue weighted by Gasteiger charge is -2.22. The van der Waals surface area contributed by atoms with Crippen LogP contribution in [0.3, 0.4) is 0 Å². The number of halogens is 1. The van der Waals surface area contributed by atoms with Crippen molar-refractivity contribution >= 4 is 33.2 Å². The summed E-state index contributed by atoms with van der Waals surface area (Å²) in [6.45, 7) is 4.73. The molecule has 0 fully saturated rings. The number of carbonyl (C=O) groups excluding carboxylic acids is 1. The number of carbonyl (C=O) groups is 1. The summed E-state index contributed by atoms with van der Waals surface area (Å²) >= 11 is 6.16. The summed E-state index contributed by atoms with van der Waals surface area (Å²) in [6.07, 6.45) is 0. The molecule has 0 atom stereocenters. The minimum absolute atomic E-state index is 0.000671. The highest BCUT2D eigenvalue weighted by atomic mass is 35.5. The third-order valence-corrected chi connectivity index (χ3v) is 6.42. The van der Waals surface area contributed by atoms with E-state index in [-0.39, 0.29) is 21.4 Å². The van der Waals surface area contributed by atoms with E-state index in [4.69, 9.17) is 16.3 Å². The van der Waals surface area contributed by atoms with Crippen molar-refractivity contribution in [2.45, 2.75) is 18.7 Å². The molecule has 0 spiro atoms. The summed E-state index contributed by atoms with van der Waals surface area (Å²) in [4.78, 5) is 14.2. The Morgan fingerprint density at radius 1 is 1.07 bits per heavy atom. The smallest absolute Gasteiger partial charge is 0.264 e. The molecule has 8 heteroatoms. The minimum atomic E-state index is -3.86. The van der Waals surface area contributed by atoms with Crippen molar-refractivity contribution in [3.05, 3.63) is 53.1 Å². The first kappa shape index (κ1) is 21.1. The van der Waals surface area contributed by atoms with E-state index in [0.717, 1.165) is 4.31 Å². The van der Waals surface area contributed by atoms with Gasteiger partial charge in [0, 0.05) is 20.1 Å². The number of benzene rings is 2. The Balaban J connectivity index is 2.43. The molecule has 27 heavy (non-hydrogen) atoms. The highest BCUT2D eigenvalue weighted by molar-refractivity contribution is 7.92. The Morgan fingerprint density at radius 2 is 1.67 bits per heavy atom. The van der Waals surface area contributed by atoms with Crippen LogP contribution >= 0.6 is 11.6 Å². The second-order valence-electron chi connectivity index (χ2n) is 5.79. The van der Waals surface area contributed by atoms with Crippen LogP contribution in [0, 0.1) is 0 Å². The number of ether oxygens (including phenoxy) is 1. The van der Waals surface area contributed by atoms with Gasteiger partial charge in [-0.25, -0.2) is 8.42 Å². The number of sulfonamides is 1. The molecule has 2 aromatic carbocycles. The lowest BCUT2D eigenvalue weighted by atomic mass is 10.2. The van der Waals surface area contributed by atoms with Gasteiger partial charge in [-0.1, -0.05) is 11.6 Å². The molecule has 0 bridgehead atoms. The van der Waals surface area contributed by atoms with Gasteiger partial charge in [0.15, 0.2) is 0 Å². The topological polar surface area (TPSA) is 66.9 Å². The summed E-state index contributed by atoms with van der Waals surface area (Å²) in [5.74, 6) is 0.331. The molecule has 0 aliphatic carbocycles. The van der Waals surface area contributed by atoms with Crippen LogP contribution in [0.25, 0.3) is 0 Å². The molecule has 0 saturated heterocycles. The molecule has 0 aromatic heterocycles. The Bertz CT molecular complexity index is 910. The normalized spacial score (nSPS) is 11.1. The maximum atomic E-state index is 13.0. The second-order valence-corrected chi connectivity index (χ2v) is 8.17. The molecule has 0 N–H and O–H groups in total. The van der Waals surface area contributed by atoms with Crippen LogP contribution in [0.4, 0.5) is 5.69 Å². The molecule has 0 unspecified atom stereocenters. The van der Waals surface area contributed by atoms with Crippen LogP contribution < -0.4 is 9.04 Å². The highest BCUT2D eigenvalue weighted by Crippen LogP contribution is 2.27. The average molecular weight is 411 g/mol. The van der Waals surface area contributed by atoms with Crippen molar-refractivity contribution in [2.24, 2.45) is 0 Å². The quantitative estimate of drug-likeness (QED) is 0.698. The van der Waals surface area contributed by atoms with Crippen molar-refractivity contribution in [1.82, 2.24) is 4.90 Å². The summed E-state index contributed by atoms with van der Waals surface area (Å²) in [5, 5.41) is 0.220. The fraction of sp³-hybridized carbons (Fsp3) is 0.316. The summed E-state index contributed by atoms with van der Waals surface area (Å²) < 4.78 is 32.3. The zero-order valence-electron chi connectivity index (χ0n) is 15.8. The zero-order valence-corrected chi connectivity index (χ0v) is 17.3. The Labute approximate surface area is 165 Å². The molecular weight excluding hydrogens is 388 g/mol. The van der Waals surface area contributed by atoms with E-state index in [9.17, 15) is 13.2 Å². The van der Waals surface area contributed by atoms with Crippen LogP contribution in [0.2, 0.25) is 5.02 Å². The molecule has 1 amide bonds. The number of rotatable bonds is 7. The van der Waals surface area contributed by atoms with Crippen LogP contribution in [-0.2, 0) is 10.0 Å². The number of anilines is 1. The molecule has 0 heterocycles. The summed E-state index contributed by atoms with van der Waals surface area (Å²) in [5.41, 5.74) is 0.645. The van der Waals surface area contributed by atoms with Crippen molar-refractivity contribution in [2.75, 3.05) is 31.6 Å². The van der Waals surface area contributed by atoms with E-state index >= 15 is 0 Å². The largest absolute Gasteiger partial charge is 0.497 e. The Hall–Kier alpha value is -2.25. The van der Waals surface area contributed by atoms with Gasteiger partial charge in [0.1, 0.15) is 5.75 Å². The van der Waals surface area contributed by atoms with E-state index in [1.165, 1.54) is 32.4 Å². The average Bonchev–Trinajstić information content (AvgIpc) is 2.68. The summed E-state index contributed by atoms with van der Waals surface area (Å²) in [7, 11) is -0.865. The molecule has 0 aliphatic rings. The predicted molar refractivity (Wildman–Crippen MR) is 107 cm³/mol. The van der Waals surface area contributed by atoms with Gasteiger partial charge in [0.25, 0.3) is 15.9 Å². The maximum absolute atomic E-state index is 13.0. The number of amides is 1. The molecular formula is C19H23ClN2O4S. The van der Waals surface area contributed by atoms with Crippen molar-refractivity contribution in [1.29, 1.82) is 0 Å². The summed E-state index contributed by atoms with van der Waals surface area (Å²) in [6, 6.07) is 10.8. The first-order chi connectivity index (χ1) is 12.8. The second kappa shape index (κ2) is 8.63. The van der Waals surface area contributed by atoms with Gasteiger partial charge in [0.05, 0.1) is 28.3 Å². The molecule has 146 valence electrons. The van der Waals surface area contributed by atoms with Gasteiger partial charge in [-0.15, -0.1) is 0 Å². The van der Waals surface area contributed by atoms with E-state index in [1.54, 1.807) is 29.2 Å². The Kier molecular flexibility index (Phi) is 6.73. The van der Waals surface area contributed by atoms with Gasteiger partial charge < -0.3 is 9.64 Å². The molecule has 6 nitrogen and oxygen atoms in total. The van der Waals surface area contributed by atoms with Gasteiger partial charge in [-0.05, 0) is 56.3 Å². The van der Waals surface area contributed by atoms with E-state index < -0.39 is 10.0 Å². The van der Waals surface area contributed by atoms with Crippen LogP contribution in [0.15, 0.2) is 47.4 Å². The van der Waals surface area contributed by atoms with Crippen molar-refractivity contribution in [3.63, 3.8) is 0 Å². The maximum Gasteiger partial charge on any atom is 0.264 e. The molecule has 2 aromatic rings. The first-order valence-corrected chi connectivity index (χ1v) is 10.3. The van der Waals surface area contributed by atoms with Gasteiger partial charge >= 0.3 is 0 Å². The highest BCUT2D eigenvalue weighted by Gasteiger charge is 2.25. The lowest BCUT2D eigenvalue weighted by Crippen LogP contribution is -2.31. The molecule has 2 rings (SSSR count). The lowest BCUT2D eigenvalue weighted by molar-refractivity contribution is 0.0773. The SMILES string of the molecule is CCN(CC)C(=O)c1cc(S(=O)(=O)N(C)c2ccc(OC)cc2)ccc1Cl. The van der Waals surface area contributed by atoms with Crippen molar-refractivity contribution in [3.8, 4) is 5.75 Å². The van der Waals surface area contributed by atoms with E-state index in [1.807, 2.05) is 13.8 Å². The fourth-order valence-corrected chi connectivity index (χ4v) is 4.02. The van der Waals surface area contributed by atoms with Crippen LogP contribution in [0.1, 0.15) is 24.2 Å². The van der Waals surface area contributed by atoms with Crippen LogP contribution in [0.5, 0.6) is 5.75 Å². The van der Waals surface area contributed by atoms with Crippen LogP contribution in [-0.4, -0.2) is 46.5 Å². The standard InChI is InChI=1S/C19H23ClN2O4S/c1-5-22(6-2)19(23)17-13-16(11-12-18(17)20)27(24,25)21(3)14-7-9-15(26-4)10-8-14/h7-13H,5-6H2,1-4H3. The third kappa shape index (κ3) is 4.36. The first-order valence-electron chi connectivity index (χ1n) is 8.48. The number of methoxy groups -OCH3 is 1. The predicted octanol–water partition coefficient (Wildman–Crippen LogP) is 3.66. The monoisotopic (exact) mass is 410 g/mol. The van der Waals surface area contributed by atoms with Gasteiger partial charge in [-0.3, -0.25) is 9.10 Å². The number of hydrogen-bond acceptors (Lipinski definition) is 4. The van der Waals surface area contributed by atoms with E-state index in [0.29, 0.717) is 24.5 Å². The fourth-order valence-electron chi connectivity index (χ4n) is 2.60. The zero-order chi connectivity index (χ0) is 20.2. The number of nitrogens with zero attached hydrogens (tertiary/aromatic N) is 2. The Morgan fingerprint density at radius 3 is 2.19 bits per heavy atom. The molecule has 0 saturated carbocycles. The molecule has 0 radical (unpaired) electrons.